The average Bonchev–Trinajstić information content (AvgIpc) is 2.14. The van der Waals surface area contributed by atoms with Crippen LogP contribution in [0.15, 0.2) is 27.4 Å². The van der Waals surface area contributed by atoms with Gasteiger partial charge in [0.25, 0.3) is 0 Å². The fourth-order valence-electron chi connectivity index (χ4n) is 1.69. The predicted molar refractivity (Wildman–Crippen MR) is 58.4 cm³/mol. The molecule has 0 fully saturated rings. The summed E-state index contributed by atoms with van der Waals surface area (Å²) in [5.41, 5.74) is 1.48. The molecular weight excluding hydrogens is 216 g/mol. The summed E-state index contributed by atoms with van der Waals surface area (Å²) in [6.45, 7) is 1.83. The van der Waals surface area contributed by atoms with E-state index in [0.717, 1.165) is 16.5 Å². The molecule has 3 nitrogen and oxygen atoms in total. The van der Waals surface area contributed by atoms with Crippen molar-refractivity contribution in [3.8, 4) is 5.75 Å². The second-order valence-electron chi connectivity index (χ2n) is 3.36. The molecule has 0 unspecified atom stereocenters. The highest BCUT2D eigenvalue weighted by Gasteiger charge is 2.08. The zero-order valence-corrected chi connectivity index (χ0v) is 8.84. The van der Waals surface area contributed by atoms with Crippen LogP contribution in [0.1, 0.15) is 11.1 Å². The number of phenolic OH excluding ortho intramolecular Hbond substituents is 1. The maximum absolute atomic E-state index is 11.2. The quantitative estimate of drug-likeness (QED) is 0.598. The third-order valence-electron chi connectivity index (χ3n) is 2.25. The van der Waals surface area contributed by atoms with E-state index in [2.05, 4.69) is 0 Å². The molecule has 0 aliphatic carbocycles. The van der Waals surface area contributed by atoms with Crippen LogP contribution in [0, 0.1) is 6.92 Å². The highest BCUT2D eigenvalue weighted by Crippen LogP contribution is 2.26. The van der Waals surface area contributed by atoms with Gasteiger partial charge in [0.05, 0.1) is 0 Å². The number of halogens is 1. The molecule has 0 atom stereocenters. The molecule has 1 N–H and O–H groups in total. The van der Waals surface area contributed by atoms with Crippen molar-refractivity contribution in [3.63, 3.8) is 0 Å². The van der Waals surface area contributed by atoms with Crippen molar-refractivity contribution in [3.05, 3.63) is 39.7 Å². The standard InChI is InChI=1S/C11H9ClO3/c1-6-2-8(13)4-9-11(6)7(5-12)3-10(14)15-9/h2-4,13H,5H2,1H3. The third kappa shape index (κ3) is 1.70. The number of phenols is 1. The summed E-state index contributed by atoms with van der Waals surface area (Å²) >= 11 is 5.75. The molecule has 0 radical (unpaired) electrons. The Bertz CT molecular complexity index is 572. The lowest BCUT2D eigenvalue weighted by Gasteiger charge is -2.05. The zero-order chi connectivity index (χ0) is 11.0. The van der Waals surface area contributed by atoms with Crippen molar-refractivity contribution in [1.82, 2.24) is 0 Å². The lowest BCUT2D eigenvalue weighted by Crippen LogP contribution is -2.00. The van der Waals surface area contributed by atoms with Crippen molar-refractivity contribution in [2.75, 3.05) is 0 Å². The van der Waals surface area contributed by atoms with E-state index >= 15 is 0 Å². The van der Waals surface area contributed by atoms with Crippen LogP contribution in [-0.2, 0) is 5.88 Å². The number of hydrogen-bond acceptors (Lipinski definition) is 3. The van der Waals surface area contributed by atoms with Gasteiger partial charge in [-0.15, -0.1) is 11.6 Å². The fourth-order valence-corrected chi connectivity index (χ4v) is 1.90. The molecule has 1 aromatic carbocycles. The second kappa shape index (κ2) is 3.59. The summed E-state index contributed by atoms with van der Waals surface area (Å²) in [6.07, 6.45) is 0. The monoisotopic (exact) mass is 224 g/mol. The Balaban J connectivity index is 2.96. The van der Waals surface area contributed by atoms with Crippen LogP contribution < -0.4 is 5.63 Å². The number of aryl methyl sites for hydroxylation is 1. The van der Waals surface area contributed by atoms with Crippen LogP contribution in [0.25, 0.3) is 11.0 Å². The number of alkyl halides is 1. The van der Waals surface area contributed by atoms with Gasteiger partial charge in [-0.3, -0.25) is 0 Å². The Morgan fingerprint density at radius 3 is 2.80 bits per heavy atom. The lowest BCUT2D eigenvalue weighted by atomic mass is 10.1. The summed E-state index contributed by atoms with van der Waals surface area (Å²) in [5.74, 6) is 0.322. The van der Waals surface area contributed by atoms with Gasteiger partial charge in [0.2, 0.25) is 0 Å². The van der Waals surface area contributed by atoms with E-state index in [9.17, 15) is 9.90 Å². The first-order valence-electron chi connectivity index (χ1n) is 4.44. The SMILES string of the molecule is Cc1cc(O)cc2oc(=O)cc(CCl)c12. The molecule has 4 heteroatoms. The Morgan fingerprint density at radius 2 is 2.13 bits per heavy atom. The number of benzene rings is 1. The molecule has 2 rings (SSSR count). The zero-order valence-electron chi connectivity index (χ0n) is 8.08. The van der Waals surface area contributed by atoms with Crippen molar-refractivity contribution in [2.24, 2.45) is 0 Å². The van der Waals surface area contributed by atoms with Crippen molar-refractivity contribution < 1.29 is 9.52 Å². The maximum atomic E-state index is 11.2. The van der Waals surface area contributed by atoms with E-state index in [0.29, 0.717) is 5.58 Å². The molecule has 1 heterocycles. The van der Waals surface area contributed by atoms with Gasteiger partial charge in [-0.05, 0) is 24.1 Å². The first-order chi connectivity index (χ1) is 7.11. The van der Waals surface area contributed by atoms with Gasteiger partial charge in [0.1, 0.15) is 11.3 Å². The third-order valence-corrected chi connectivity index (χ3v) is 2.54. The number of aromatic hydroxyl groups is 1. The van der Waals surface area contributed by atoms with Gasteiger partial charge in [-0.2, -0.15) is 0 Å². The van der Waals surface area contributed by atoms with E-state index in [-0.39, 0.29) is 11.6 Å². The van der Waals surface area contributed by atoms with Crippen molar-refractivity contribution in [2.45, 2.75) is 12.8 Å². The van der Waals surface area contributed by atoms with Crippen LogP contribution in [-0.4, -0.2) is 5.11 Å². The summed E-state index contributed by atoms with van der Waals surface area (Å²) in [6, 6.07) is 4.40. The van der Waals surface area contributed by atoms with Gasteiger partial charge >= 0.3 is 5.63 Å². The number of hydrogen-bond donors (Lipinski definition) is 1. The van der Waals surface area contributed by atoms with Crippen LogP contribution >= 0.6 is 11.6 Å². The molecule has 0 aliphatic heterocycles. The van der Waals surface area contributed by atoms with E-state index in [1.165, 1.54) is 12.1 Å². The first kappa shape index (κ1) is 10.1. The first-order valence-corrected chi connectivity index (χ1v) is 4.97. The van der Waals surface area contributed by atoms with E-state index < -0.39 is 5.63 Å². The topological polar surface area (TPSA) is 50.4 Å². The largest absolute Gasteiger partial charge is 0.508 e. The molecule has 0 saturated carbocycles. The van der Waals surface area contributed by atoms with E-state index in [4.69, 9.17) is 16.0 Å². The van der Waals surface area contributed by atoms with Crippen LogP contribution in [0.5, 0.6) is 5.75 Å². The number of rotatable bonds is 1. The second-order valence-corrected chi connectivity index (χ2v) is 3.63. The average molecular weight is 225 g/mol. The summed E-state index contributed by atoms with van der Waals surface area (Å²) in [7, 11) is 0. The predicted octanol–water partition coefficient (Wildman–Crippen LogP) is 2.55. The Kier molecular flexibility index (Phi) is 2.40. The summed E-state index contributed by atoms with van der Waals surface area (Å²) < 4.78 is 4.99. The molecule has 15 heavy (non-hydrogen) atoms. The molecule has 0 bridgehead atoms. The van der Waals surface area contributed by atoms with E-state index in [1.807, 2.05) is 6.92 Å². The van der Waals surface area contributed by atoms with Crippen LogP contribution in [0.4, 0.5) is 0 Å². The minimum absolute atomic E-state index is 0.0786. The minimum atomic E-state index is -0.455. The van der Waals surface area contributed by atoms with E-state index in [1.54, 1.807) is 6.07 Å². The molecule has 0 saturated heterocycles. The highest BCUT2D eigenvalue weighted by atomic mass is 35.5. The minimum Gasteiger partial charge on any atom is -0.508 e. The lowest BCUT2D eigenvalue weighted by molar-refractivity contribution is 0.472. The molecule has 2 aromatic rings. The van der Waals surface area contributed by atoms with Crippen molar-refractivity contribution >= 4 is 22.6 Å². The summed E-state index contributed by atoms with van der Waals surface area (Å²) in [5, 5.41) is 10.2. The normalized spacial score (nSPS) is 10.8. The Labute approximate surface area is 90.9 Å². The van der Waals surface area contributed by atoms with Gasteiger partial charge in [-0.25, -0.2) is 4.79 Å². The molecule has 0 amide bonds. The fraction of sp³-hybridized carbons (Fsp3) is 0.182. The number of fused-ring (bicyclic) bond motifs is 1. The van der Waals surface area contributed by atoms with Crippen LogP contribution in [0.2, 0.25) is 0 Å². The Hall–Kier alpha value is -1.48. The molecule has 1 aromatic heterocycles. The maximum Gasteiger partial charge on any atom is 0.336 e. The van der Waals surface area contributed by atoms with Crippen LogP contribution in [0.3, 0.4) is 0 Å². The van der Waals surface area contributed by atoms with Crippen molar-refractivity contribution in [1.29, 1.82) is 0 Å². The molecule has 0 aliphatic rings. The highest BCUT2D eigenvalue weighted by molar-refractivity contribution is 6.18. The summed E-state index contributed by atoms with van der Waals surface area (Å²) in [4.78, 5) is 11.2. The van der Waals surface area contributed by atoms with Gasteiger partial charge in [0, 0.05) is 23.4 Å². The smallest absolute Gasteiger partial charge is 0.336 e. The molecular formula is C11H9ClO3. The van der Waals surface area contributed by atoms with Gasteiger partial charge in [-0.1, -0.05) is 0 Å². The molecule has 0 spiro atoms. The Morgan fingerprint density at radius 1 is 1.40 bits per heavy atom. The molecule has 78 valence electrons. The van der Waals surface area contributed by atoms with Gasteiger partial charge in [0.15, 0.2) is 0 Å². The van der Waals surface area contributed by atoms with Gasteiger partial charge < -0.3 is 9.52 Å².